The van der Waals surface area contributed by atoms with E-state index < -0.39 is 70.9 Å². The zero-order chi connectivity index (χ0) is 39.0. The number of piperidine rings is 2. The van der Waals surface area contributed by atoms with E-state index in [4.69, 9.17) is 4.74 Å². The summed E-state index contributed by atoms with van der Waals surface area (Å²) in [6, 6.07) is 8.08. The van der Waals surface area contributed by atoms with Crippen LogP contribution in [0.5, 0.6) is 11.5 Å². The Morgan fingerprint density at radius 2 is 1.09 bits per heavy atom. The minimum absolute atomic E-state index is 0.0364. The highest BCUT2D eigenvalue weighted by atomic mass is 19.4. The number of hydrogen-bond donors (Lipinski definition) is 3. The molecule has 6 rings (SSSR count). The molecule has 0 aromatic heterocycles. The van der Waals surface area contributed by atoms with Crippen molar-refractivity contribution in [3.8, 4) is 11.5 Å². The van der Waals surface area contributed by atoms with Crippen molar-refractivity contribution in [3.63, 3.8) is 0 Å². The average molecular weight is 759 g/mol. The predicted octanol–water partition coefficient (Wildman–Crippen LogP) is 5.17. The van der Waals surface area contributed by atoms with E-state index in [-0.39, 0.29) is 37.3 Å². The van der Waals surface area contributed by atoms with Crippen LogP contribution < -0.4 is 35.2 Å². The van der Waals surface area contributed by atoms with Gasteiger partial charge < -0.3 is 35.1 Å². The van der Waals surface area contributed by atoms with Gasteiger partial charge in [0.1, 0.15) is 28.2 Å². The Morgan fingerprint density at radius 3 is 1.49 bits per heavy atom. The largest absolute Gasteiger partial charge is 0.573 e. The van der Waals surface area contributed by atoms with Crippen molar-refractivity contribution in [2.75, 3.05) is 36.0 Å². The van der Waals surface area contributed by atoms with Gasteiger partial charge in [-0.2, -0.15) is 0 Å². The molecule has 2 spiro atoms. The fourth-order valence-electron chi connectivity index (χ4n) is 6.28. The van der Waals surface area contributed by atoms with Gasteiger partial charge in [-0.25, -0.2) is 24.2 Å². The zero-order valence-electron chi connectivity index (χ0n) is 28.7. The van der Waals surface area contributed by atoms with Gasteiger partial charge in [-0.15, -0.1) is 26.3 Å². The molecular formula is C33H36F6N6O8. The second kappa shape index (κ2) is 14.3. The molecule has 2 aromatic carbocycles. The monoisotopic (exact) mass is 758 g/mol. The molecule has 0 radical (unpaired) electrons. The summed E-state index contributed by atoms with van der Waals surface area (Å²) in [5.74, 6) is -2.06. The minimum Gasteiger partial charge on any atom is -0.444 e. The van der Waals surface area contributed by atoms with Crippen LogP contribution in [0, 0.1) is 0 Å². The van der Waals surface area contributed by atoms with Crippen molar-refractivity contribution in [2.45, 2.75) is 75.9 Å². The molecule has 20 heteroatoms. The van der Waals surface area contributed by atoms with Crippen molar-refractivity contribution in [2.24, 2.45) is 0 Å². The number of nitrogens with one attached hydrogen (secondary N) is 3. The number of anilines is 2. The fourth-order valence-corrected chi connectivity index (χ4v) is 6.28. The van der Waals surface area contributed by atoms with Crippen molar-refractivity contribution >= 4 is 41.3 Å². The number of ether oxygens (including phenoxy) is 3. The second-order valence-corrected chi connectivity index (χ2v) is 13.6. The lowest BCUT2D eigenvalue weighted by Gasteiger charge is -2.37. The first-order chi connectivity index (χ1) is 24.6. The Labute approximate surface area is 298 Å². The molecule has 0 aliphatic carbocycles. The highest BCUT2D eigenvalue weighted by Crippen LogP contribution is 2.36. The summed E-state index contributed by atoms with van der Waals surface area (Å²) in [5, 5.41) is 8.40. The number of carbonyl (C=O) groups is 5. The molecule has 7 amide bonds. The number of amides is 7. The highest BCUT2D eigenvalue weighted by Gasteiger charge is 2.54. The lowest BCUT2D eigenvalue weighted by Crippen LogP contribution is -2.56. The summed E-state index contributed by atoms with van der Waals surface area (Å²) in [6.07, 6.45) is -9.06. The molecule has 0 atom stereocenters. The predicted molar refractivity (Wildman–Crippen MR) is 173 cm³/mol. The van der Waals surface area contributed by atoms with Crippen molar-refractivity contribution in [1.82, 2.24) is 20.9 Å². The van der Waals surface area contributed by atoms with Gasteiger partial charge in [-0.05, 0) is 83.8 Å². The Hall–Kier alpha value is -5.27. The number of halogens is 6. The summed E-state index contributed by atoms with van der Waals surface area (Å²) in [6.45, 7) is 6.76. The van der Waals surface area contributed by atoms with Crippen LogP contribution in [0.3, 0.4) is 0 Å². The number of hydrogen-bond acceptors (Lipinski definition) is 9. The van der Waals surface area contributed by atoms with Crippen LogP contribution in [0.4, 0.5) is 52.1 Å². The molecule has 0 saturated carbocycles. The van der Waals surface area contributed by atoms with Gasteiger partial charge in [0.15, 0.2) is 0 Å². The maximum Gasteiger partial charge on any atom is 0.573 e. The first-order valence-electron chi connectivity index (χ1n) is 16.3. The smallest absolute Gasteiger partial charge is 0.444 e. The highest BCUT2D eigenvalue weighted by molar-refractivity contribution is 6.24. The molecule has 14 nitrogen and oxygen atoms in total. The van der Waals surface area contributed by atoms with Gasteiger partial charge in [-0.1, -0.05) is 12.1 Å². The third-order valence-electron chi connectivity index (χ3n) is 8.67. The summed E-state index contributed by atoms with van der Waals surface area (Å²) in [4.78, 5) is 65.7. The number of benzene rings is 2. The van der Waals surface area contributed by atoms with Crippen molar-refractivity contribution in [3.05, 3.63) is 48.5 Å². The van der Waals surface area contributed by atoms with E-state index in [9.17, 15) is 50.3 Å². The van der Waals surface area contributed by atoms with Gasteiger partial charge in [0.2, 0.25) is 0 Å². The SMILES string of the molecule is CC(C)(C)OC(=O)N1CCC2(CC1)NC(=O)N(c1cccc(OC(F)(F)F)c1)C2=O.O=C1NC2(CCNCC2)C(=O)N1c1cccc(OC(F)(F)F)c1. The molecule has 288 valence electrons. The van der Waals surface area contributed by atoms with Crippen molar-refractivity contribution in [1.29, 1.82) is 0 Å². The molecule has 4 aliphatic heterocycles. The number of imide groups is 2. The van der Waals surface area contributed by atoms with Gasteiger partial charge in [0, 0.05) is 25.2 Å². The molecule has 0 unspecified atom stereocenters. The third-order valence-corrected chi connectivity index (χ3v) is 8.67. The zero-order valence-corrected chi connectivity index (χ0v) is 28.7. The van der Waals surface area contributed by atoms with Crippen LogP contribution in [0.2, 0.25) is 0 Å². The van der Waals surface area contributed by atoms with E-state index >= 15 is 0 Å². The molecule has 4 saturated heterocycles. The van der Waals surface area contributed by atoms with E-state index in [0.29, 0.717) is 25.9 Å². The van der Waals surface area contributed by atoms with Crippen LogP contribution in [-0.4, -0.2) is 90.5 Å². The molecule has 4 heterocycles. The number of rotatable bonds is 4. The summed E-state index contributed by atoms with van der Waals surface area (Å²) < 4.78 is 87.3. The topological polar surface area (TPSA) is 159 Å². The Morgan fingerprint density at radius 1 is 0.679 bits per heavy atom. The second-order valence-electron chi connectivity index (χ2n) is 13.6. The number of likely N-dealkylation sites (tertiary alicyclic amines) is 1. The van der Waals surface area contributed by atoms with E-state index in [2.05, 4.69) is 25.4 Å². The molecule has 2 aromatic rings. The van der Waals surface area contributed by atoms with Crippen LogP contribution >= 0.6 is 0 Å². The third kappa shape index (κ3) is 9.03. The number of alkyl halides is 6. The van der Waals surface area contributed by atoms with Gasteiger partial charge in [0.25, 0.3) is 11.8 Å². The number of nitrogens with zero attached hydrogens (tertiary/aromatic N) is 3. The number of urea groups is 2. The molecule has 4 aliphatic rings. The molecule has 0 bridgehead atoms. The Kier molecular flexibility index (Phi) is 10.5. The molecule has 53 heavy (non-hydrogen) atoms. The fraction of sp³-hybridized carbons (Fsp3) is 0.485. The lowest BCUT2D eigenvalue weighted by atomic mass is 9.87. The molecule has 4 fully saturated rings. The van der Waals surface area contributed by atoms with Gasteiger partial charge in [-0.3, -0.25) is 9.59 Å². The first kappa shape index (κ1) is 38.9. The van der Waals surface area contributed by atoms with E-state index in [1.165, 1.54) is 29.2 Å². The van der Waals surface area contributed by atoms with E-state index in [1.54, 1.807) is 20.8 Å². The van der Waals surface area contributed by atoms with Crippen LogP contribution in [-0.2, 0) is 14.3 Å². The van der Waals surface area contributed by atoms with E-state index in [0.717, 1.165) is 34.1 Å². The standard InChI is InChI=1S/C19H22F3N3O5.C14H14F3N3O3/c1-17(2,3)30-16(28)24-9-7-18(8-10-24)14(26)25(15(27)23-18)12-5-4-6-13(11-12)29-19(20,21)22;15-14(16,17)23-10-3-1-2-9(8-10)20-11(21)13(19-12(20)22)4-6-18-7-5-13/h4-6,11H,7-10H2,1-3H3,(H,23,27);1-3,8,18H,4-7H2,(H,19,22). The number of carbonyl (C=O) groups excluding carboxylic acids is 5. The van der Waals surface area contributed by atoms with Crippen LogP contribution in [0.25, 0.3) is 0 Å². The Bertz CT molecular complexity index is 1750. The quantitative estimate of drug-likeness (QED) is 0.283. The normalized spacial score (nSPS) is 19.8. The van der Waals surface area contributed by atoms with Gasteiger partial charge in [0.05, 0.1) is 11.4 Å². The molecule has 3 N–H and O–H groups in total. The maximum atomic E-state index is 13.0. The Balaban J connectivity index is 0.000000211. The van der Waals surface area contributed by atoms with Gasteiger partial charge >= 0.3 is 30.9 Å². The lowest BCUT2D eigenvalue weighted by molar-refractivity contribution is -0.275. The van der Waals surface area contributed by atoms with E-state index in [1.807, 2.05) is 0 Å². The summed E-state index contributed by atoms with van der Waals surface area (Å²) in [5.41, 5.74) is -2.86. The summed E-state index contributed by atoms with van der Waals surface area (Å²) >= 11 is 0. The van der Waals surface area contributed by atoms with Crippen LogP contribution in [0.15, 0.2) is 48.5 Å². The first-order valence-corrected chi connectivity index (χ1v) is 16.3. The van der Waals surface area contributed by atoms with Crippen LogP contribution in [0.1, 0.15) is 46.5 Å². The van der Waals surface area contributed by atoms with Crippen molar-refractivity contribution < 1.29 is 64.5 Å². The summed E-state index contributed by atoms with van der Waals surface area (Å²) in [7, 11) is 0. The molecular weight excluding hydrogens is 722 g/mol. The minimum atomic E-state index is -4.90. The maximum absolute atomic E-state index is 13.0. The average Bonchev–Trinajstić information content (AvgIpc) is 3.42.